The number of amides is 1. The molecule has 0 spiro atoms. The molecule has 0 saturated heterocycles. The minimum absolute atomic E-state index is 0.224. The summed E-state index contributed by atoms with van der Waals surface area (Å²) in [4.78, 5) is 16.6. The van der Waals surface area contributed by atoms with Gasteiger partial charge in [-0.3, -0.25) is 10.1 Å². The molecule has 1 aromatic heterocycles. The highest BCUT2D eigenvalue weighted by atomic mass is 79.9. The van der Waals surface area contributed by atoms with Crippen molar-refractivity contribution in [2.75, 3.05) is 11.9 Å². The molecule has 0 atom stereocenters. The first-order valence-corrected chi connectivity index (χ1v) is 9.44. The highest BCUT2D eigenvalue weighted by molar-refractivity contribution is 9.10. The fourth-order valence-electron chi connectivity index (χ4n) is 2.33. The van der Waals surface area contributed by atoms with Gasteiger partial charge in [0.1, 0.15) is 5.75 Å². The summed E-state index contributed by atoms with van der Waals surface area (Å²) in [5.41, 5.74) is 2.90. The Kier molecular flexibility index (Phi) is 5.50. The van der Waals surface area contributed by atoms with Gasteiger partial charge < -0.3 is 4.74 Å². The maximum Gasteiger partial charge on any atom is 0.250 e. The molecule has 4 nitrogen and oxygen atoms in total. The van der Waals surface area contributed by atoms with Crippen LogP contribution in [0.25, 0.3) is 16.3 Å². The first kappa shape index (κ1) is 17.6. The first-order chi connectivity index (χ1) is 12.0. The number of halogens is 1. The standard InChI is InChI=1S/C19H17BrN2O2S/c1-3-24-16-8-6-14(20)11-13(16)5-9-18(23)22-19-21-15-7-4-12(2)10-17(15)25-19/h4-11H,3H2,1-2H3,(H,21,22,23)/b9-5+. The number of nitrogens with one attached hydrogen (secondary N) is 1. The molecule has 0 fully saturated rings. The average molecular weight is 417 g/mol. The average Bonchev–Trinajstić information content (AvgIpc) is 2.96. The monoisotopic (exact) mass is 416 g/mol. The molecule has 0 saturated carbocycles. The molecule has 0 bridgehead atoms. The predicted molar refractivity (Wildman–Crippen MR) is 107 cm³/mol. The number of aromatic nitrogens is 1. The molecular weight excluding hydrogens is 400 g/mol. The number of hydrogen-bond donors (Lipinski definition) is 1. The van der Waals surface area contributed by atoms with Crippen molar-refractivity contribution < 1.29 is 9.53 Å². The normalized spacial score (nSPS) is 11.2. The summed E-state index contributed by atoms with van der Waals surface area (Å²) in [6.07, 6.45) is 3.23. The van der Waals surface area contributed by atoms with E-state index in [1.54, 1.807) is 6.08 Å². The number of nitrogens with zero attached hydrogens (tertiary/aromatic N) is 1. The van der Waals surface area contributed by atoms with Crippen LogP contribution in [0.5, 0.6) is 5.75 Å². The quantitative estimate of drug-likeness (QED) is 0.565. The van der Waals surface area contributed by atoms with Crippen LogP contribution in [-0.2, 0) is 4.79 Å². The fraction of sp³-hybridized carbons (Fsp3) is 0.158. The van der Waals surface area contributed by atoms with Gasteiger partial charge in [0.25, 0.3) is 0 Å². The molecule has 2 aromatic carbocycles. The van der Waals surface area contributed by atoms with Gasteiger partial charge in [-0.05, 0) is 55.8 Å². The van der Waals surface area contributed by atoms with E-state index in [0.717, 1.165) is 26.0 Å². The summed E-state index contributed by atoms with van der Waals surface area (Å²) in [5, 5.41) is 3.41. The number of aryl methyl sites for hydroxylation is 1. The van der Waals surface area contributed by atoms with Crippen LogP contribution in [0.4, 0.5) is 5.13 Å². The van der Waals surface area contributed by atoms with Gasteiger partial charge in [0, 0.05) is 16.1 Å². The number of carbonyl (C=O) groups excluding carboxylic acids is 1. The van der Waals surface area contributed by atoms with Crippen LogP contribution >= 0.6 is 27.3 Å². The van der Waals surface area contributed by atoms with Crippen LogP contribution in [0, 0.1) is 6.92 Å². The minimum Gasteiger partial charge on any atom is -0.493 e. The zero-order chi connectivity index (χ0) is 17.8. The van der Waals surface area contributed by atoms with Crippen molar-refractivity contribution in [3.8, 4) is 5.75 Å². The third kappa shape index (κ3) is 4.46. The van der Waals surface area contributed by atoms with Crippen LogP contribution in [0.15, 0.2) is 46.9 Å². The number of benzene rings is 2. The second-order valence-electron chi connectivity index (χ2n) is 5.43. The van der Waals surface area contributed by atoms with Crippen molar-refractivity contribution in [2.24, 2.45) is 0 Å². The van der Waals surface area contributed by atoms with E-state index < -0.39 is 0 Å². The Hall–Kier alpha value is -2.18. The lowest BCUT2D eigenvalue weighted by molar-refractivity contribution is -0.111. The summed E-state index contributed by atoms with van der Waals surface area (Å²) >= 11 is 4.90. The molecule has 6 heteroatoms. The van der Waals surface area contributed by atoms with Crippen LogP contribution < -0.4 is 10.1 Å². The van der Waals surface area contributed by atoms with Crippen LogP contribution in [-0.4, -0.2) is 17.5 Å². The summed E-state index contributed by atoms with van der Waals surface area (Å²) < 4.78 is 7.57. The van der Waals surface area contributed by atoms with E-state index in [-0.39, 0.29) is 5.91 Å². The van der Waals surface area contributed by atoms with Gasteiger partial charge in [-0.15, -0.1) is 0 Å². The van der Waals surface area contributed by atoms with E-state index in [1.807, 2.05) is 44.2 Å². The van der Waals surface area contributed by atoms with E-state index in [1.165, 1.54) is 23.0 Å². The maximum absolute atomic E-state index is 12.2. The number of thiazole rings is 1. The summed E-state index contributed by atoms with van der Waals surface area (Å²) in [7, 11) is 0. The zero-order valence-electron chi connectivity index (χ0n) is 13.9. The summed E-state index contributed by atoms with van der Waals surface area (Å²) in [5.74, 6) is 0.517. The molecule has 128 valence electrons. The topological polar surface area (TPSA) is 51.2 Å². The molecule has 1 heterocycles. The Morgan fingerprint density at radius 3 is 2.96 bits per heavy atom. The molecule has 0 aliphatic carbocycles. The van der Waals surface area contributed by atoms with Gasteiger partial charge >= 0.3 is 0 Å². The lowest BCUT2D eigenvalue weighted by atomic mass is 10.2. The maximum atomic E-state index is 12.2. The summed E-state index contributed by atoms with van der Waals surface area (Å²) in [6, 6.07) is 11.7. The van der Waals surface area contributed by atoms with E-state index in [2.05, 4.69) is 32.3 Å². The SMILES string of the molecule is CCOc1ccc(Br)cc1/C=C/C(=O)Nc1nc2ccc(C)cc2s1. The highest BCUT2D eigenvalue weighted by Gasteiger charge is 2.07. The Bertz CT molecular complexity index is 950. The molecule has 0 radical (unpaired) electrons. The Balaban J connectivity index is 1.75. The first-order valence-electron chi connectivity index (χ1n) is 7.84. The van der Waals surface area contributed by atoms with Crippen molar-refractivity contribution in [1.82, 2.24) is 4.98 Å². The Labute approximate surface area is 158 Å². The molecular formula is C19H17BrN2O2S. The van der Waals surface area contributed by atoms with Crippen molar-refractivity contribution in [2.45, 2.75) is 13.8 Å². The van der Waals surface area contributed by atoms with Gasteiger partial charge in [-0.1, -0.05) is 33.3 Å². The number of ether oxygens (including phenoxy) is 1. The zero-order valence-corrected chi connectivity index (χ0v) is 16.3. The Morgan fingerprint density at radius 1 is 1.32 bits per heavy atom. The van der Waals surface area contributed by atoms with Crippen molar-refractivity contribution in [3.63, 3.8) is 0 Å². The van der Waals surface area contributed by atoms with Gasteiger partial charge in [0.2, 0.25) is 5.91 Å². The molecule has 3 aromatic rings. The molecule has 25 heavy (non-hydrogen) atoms. The molecule has 0 aliphatic rings. The van der Waals surface area contributed by atoms with Crippen molar-refractivity contribution >= 4 is 54.6 Å². The van der Waals surface area contributed by atoms with Gasteiger partial charge in [0.05, 0.1) is 16.8 Å². The lowest BCUT2D eigenvalue weighted by Crippen LogP contribution is -2.07. The Morgan fingerprint density at radius 2 is 2.16 bits per heavy atom. The van der Waals surface area contributed by atoms with E-state index in [0.29, 0.717) is 11.7 Å². The van der Waals surface area contributed by atoms with Gasteiger partial charge in [0.15, 0.2) is 5.13 Å². The van der Waals surface area contributed by atoms with Crippen molar-refractivity contribution in [3.05, 3.63) is 58.1 Å². The number of anilines is 1. The van der Waals surface area contributed by atoms with Gasteiger partial charge in [-0.25, -0.2) is 4.98 Å². The third-order valence-corrected chi connectivity index (χ3v) is 4.89. The molecule has 1 N–H and O–H groups in total. The highest BCUT2D eigenvalue weighted by Crippen LogP contribution is 2.27. The predicted octanol–water partition coefficient (Wildman–Crippen LogP) is 5.42. The fourth-order valence-corrected chi connectivity index (χ4v) is 3.68. The number of carbonyl (C=O) groups is 1. The third-order valence-electron chi connectivity index (χ3n) is 3.46. The lowest BCUT2D eigenvalue weighted by Gasteiger charge is -2.07. The second kappa shape index (κ2) is 7.80. The molecule has 1 amide bonds. The van der Waals surface area contributed by atoms with Gasteiger partial charge in [-0.2, -0.15) is 0 Å². The molecule has 3 rings (SSSR count). The van der Waals surface area contributed by atoms with Crippen molar-refractivity contribution in [1.29, 1.82) is 0 Å². The molecule has 0 aliphatic heterocycles. The van der Waals surface area contributed by atoms with E-state index in [9.17, 15) is 4.79 Å². The number of fused-ring (bicyclic) bond motifs is 1. The largest absolute Gasteiger partial charge is 0.493 e. The number of rotatable bonds is 5. The number of hydrogen-bond acceptors (Lipinski definition) is 4. The van der Waals surface area contributed by atoms with E-state index >= 15 is 0 Å². The molecule has 0 unspecified atom stereocenters. The van der Waals surface area contributed by atoms with Crippen LogP contribution in [0.1, 0.15) is 18.1 Å². The minimum atomic E-state index is -0.224. The van der Waals surface area contributed by atoms with Crippen LogP contribution in [0.3, 0.4) is 0 Å². The summed E-state index contributed by atoms with van der Waals surface area (Å²) in [6.45, 7) is 4.53. The second-order valence-corrected chi connectivity index (χ2v) is 7.37. The smallest absolute Gasteiger partial charge is 0.250 e. The van der Waals surface area contributed by atoms with Crippen LogP contribution in [0.2, 0.25) is 0 Å². The van der Waals surface area contributed by atoms with E-state index in [4.69, 9.17) is 4.74 Å².